The molecule has 0 aliphatic rings. The Kier molecular flexibility index (Phi) is 7.72. The third kappa shape index (κ3) is 6.81. The Morgan fingerprint density at radius 1 is 1.00 bits per heavy atom. The van der Waals surface area contributed by atoms with Crippen LogP contribution in [0.3, 0.4) is 0 Å². The molecule has 0 bridgehead atoms. The van der Waals surface area contributed by atoms with Crippen molar-refractivity contribution >= 4 is 38.9 Å². The minimum Gasteiger partial charge on any atom is -0.490 e. The molecule has 2 aromatic carbocycles. The molecule has 0 aliphatic heterocycles. The van der Waals surface area contributed by atoms with Gasteiger partial charge < -0.3 is 10.1 Å². The van der Waals surface area contributed by atoms with Crippen molar-refractivity contribution in [3.63, 3.8) is 0 Å². The van der Waals surface area contributed by atoms with Gasteiger partial charge in [0.25, 0.3) is 5.91 Å². The summed E-state index contributed by atoms with van der Waals surface area (Å²) in [5, 5.41) is 5.55. The average molecular weight is 436 g/mol. The summed E-state index contributed by atoms with van der Waals surface area (Å²) in [5.41, 5.74) is 0.914. The Labute approximate surface area is 176 Å². The lowest BCUT2D eigenvalue weighted by molar-refractivity contribution is 0.0972. The standard InChI is InChI=1S/C20H25N3O4S2/c1-13(2)23-29(25,26)16-11-9-15(10-12-16)21-20(28)22-19(24)17-7-5-6-8-18(17)27-14(3)4/h5-14,23H,1-4H3,(H2,21,22,24,28). The minimum atomic E-state index is -3.57. The third-order valence-corrected chi connectivity index (χ3v) is 5.41. The second kappa shape index (κ2) is 9.82. The van der Waals surface area contributed by atoms with E-state index in [0.717, 1.165) is 0 Å². The first kappa shape index (κ1) is 22.8. The first-order valence-corrected chi connectivity index (χ1v) is 11.0. The quantitative estimate of drug-likeness (QED) is 0.578. The van der Waals surface area contributed by atoms with Crippen molar-refractivity contribution < 1.29 is 17.9 Å². The predicted octanol–water partition coefficient (Wildman–Crippen LogP) is 3.29. The van der Waals surface area contributed by atoms with E-state index in [4.69, 9.17) is 17.0 Å². The number of para-hydroxylation sites is 1. The molecule has 2 rings (SSSR count). The lowest BCUT2D eigenvalue weighted by atomic mass is 10.2. The van der Waals surface area contributed by atoms with Gasteiger partial charge in [0.2, 0.25) is 10.0 Å². The smallest absolute Gasteiger partial charge is 0.261 e. The molecule has 0 aliphatic carbocycles. The van der Waals surface area contributed by atoms with E-state index in [1.807, 2.05) is 13.8 Å². The molecule has 0 unspecified atom stereocenters. The van der Waals surface area contributed by atoms with Crippen LogP contribution in [0.4, 0.5) is 5.69 Å². The fourth-order valence-electron chi connectivity index (χ4n) is 2.44. The lowest BCUT2D eigenvalue weighted by Gasteiger charge is -2.15. The van der Waals surface area contributed by atoms with E-state index in [9.17, 15) is 13.2 Å². The molecule has 1 amide bonds. The number of amides is 1. The SMILES string of the molecule is CC(C)NS(=O)(=O)c1ccc(NC(=S)NC(=O)c2ccccc2OC(C)C)cc1. The summed E-state index contributed by atoms with van der Waals surface area (Å²) in [6.07, 6.45) is -0.0750. The highest BCUT2D eigenvalue weighted by molar-refractivity contribution is 7.89. The topological polar surface area (TPSA) is 96.5 Å². The Bertz CT molecular complexity index is 971. The summed E-state index contributed by atoms with van der Waals surface area (Å²) in [7, 11) is -3.57. The summed E-state index contributed by atoms with van der Waals surface area (Å²) >= 11 is 5.19. The monoisotopic (exact) mass is 435 g/mol. The molecule has 2 aromatic rings. The maximum absolute atomic E-state index is 12.5. The summed E-state index contributed by atoms with van der Waals surface area (Å²) in [6, 6.07) is 12.8. The van der Waals surface area contributed by atoms with Crippen LogP contribution in [0.1, 0.15) is 38.1 Å². The van der Waals surface area contributed by atoms with Gasteiger partial charge in [-0.05, 0) is 76.3 Å². The lowest BCUT2D eigenvalue weighted by Crippen LogP contribution is -2.34. The van der Waals surface area contributed by atoms with Crippen LogP contribution >= 0.6 is 12.2 Å². The molecular weight excluding hydrogens is 410 g/mol. The van der Waals surface area contributed by atoms with Gasteiger partial charge in [0.15, 0.2) is 5.11 Å². The number of hydrogen-bond acceptors (Lipinski definition) is 5. The van der Waals surface area contributed by atoms with E-state index in [1.165, 1.54) is 12.1 Å². The van der Waals surface area contributed by atoms with E-state index in [2.05, 4.69) is 15.4 Å². The second-order valence-corrected chi connectivity index (χ2v) is 8.99. The van der Waals surface area contributed by atoms with Gasteiger partial charge in [-0.2, -0.15) is 0 Å². The second-order valence-electron chi connectivity index (χ2n) is 6.87. The fourth-order valence-corrected chi connectivity index (χ4v) is 3.90. The van der Waals surface area contributed by atoms with E-state index in [-0.39, 0.29) is 22.2 Å². The van der Waals surface area contributed by atoms with Crippen LogP contribution in [-0.4, -0.2) is 31.6 Å². The van der Waals surface area contributed by atoms with E-state index >= 15 is 0 Å². The molecule has 7 nitrogen and oxygen atoms in total. The van der Waals surface area contributed by atoms with Crippen LogP contribution < -0.4 is 20.1 Å². The number of carbonyl (C=O) groups excluding carboxylic acids is 1. The van der Waals surface area contributed by atoms with E-state index in [0.29, 0.717) is 17.0 Å². The summed E-state index contributed by atoms with van der Waals surface area (Å²) in [5.74, 6) is 0.0640. The molecule has 0 atom stereocenters. The van der Waals surface area contributed by atoms with Crippen molar-refractivity contribution in [3.05, 3.63) is 54.1 Å². The van der Waals surface area contributed by atoms with Gasteiger partial charge in [0.1, 0.15) is 5.75 Å². The van der Waals surface area contributed by atoms with Gasteiger partial charge in [-0.15, -0.1) is 0 Å². The first-order valence-electron chi connectivity index (χ1n) is 9.09. The Morgan fingerprint density at radius 3 is 2.21 bits per heavy atom. The molecule has 29 heavy (non-hydrogen) atoms. The summed E-state index contributed by atoms with van der Waals surface area (Å²) in [4.78, 5) is 12.7. The number of nitrogens with one attached hydrogen (secondary N) is 3. The van der Waals surface area contributed by atoms with Gasteiger partial charge in [0, 0.05) is 11.7 Å². The third-order valence-electron chi connectivity index (χ3n) is 3.53. The molecular formula is C20H25N3O4S2. The van der Waals surface area contributed by atoms with Crippen LogP contribution in [0.2, 0.25) is 0 Å². The maximum atomic E-state index is 12.5. The van der Waals surface area contributed by atoms with Gasteiger partial charge in [0.05, 0.1) is 16.6 Å². The molecule has 0 heterocycles. The van der Waals surface area contributed by atoms with Crippen molar-refractivity contribution in [2.75, 3.05) is 5.32 Å². The molecule has 0 aromatic heterocycles. The van der Waals surface area contributed by atoms with Crippen LogP contribution in [-0.2, 0) is 10.0 Å². The largest absolute Gasteiger partial charge is 0.490 e. The zero-order valence-corrected chi connectivity index (χ0v) is 18.4. The number of hydrogen-bond donors (Lipinski definition) is 3. The van der Waals surface area contributed by atoms with Gasteiger partial charge in [-0.1, -0.05) is 12.1 Å². The molecule has 0 fully saturated rings. The number of rotatable bonds is 7. The number of benzene rings is 2. The van der Waals surface area contributed by atoms with Crippen molar-refractivity contribution in [1.29, 1.82) is 0 Å². The zero-order valence-electron chi connectivity index (χ0n) is 16.7. The van der Waals surface area contributed by atoms with Crippen molar-refractivity contribution in [2.24, 2.45) is 0 Å². The molecule has 0 radical (unpaired) electrons. The van der Waals surface area contributed by atoms with Gasteiger partial charge in [-0.3, -0.25) is 10.1 Å². The molecule has 3 N–H and O–H groups in total. The Balaban J connectivity index is 2.04. The molecule has 9 heteroatoms. The number of ether oxygens (including phenoxy) is 1. The average Bonchev–Trinajstić information content (AvgIpc) is 2.60. The molecule has 0 saturated carbocycles. The highest BCUT2D eigenvalue weighted by Gasteiger charge is 2.16. The van der Waals surface area contributed by atoms with E-state index < -0.39 is 15.9 Å². The van der Waals surface area contributed by atoms with Crippen molar-refractivity contribution in [1.82, 2.24) is 10.0 Å². The normalized spacial score (nSPS) is 11.4. The van der Waals surface area contributed by atoms with Gasteiger partial charge >= 0.3 is 0 Å². The van der Waals surface area contributed by atoms with Crippen LogP contribution in [0, 0.1) is 0 Å². The minimum absolute atomic E-state index is 0.0750. The molecule has 0 spiro atoms. The van der Waals surface area contributed by atoms with Crippen LogP contribution in [0.25, 0.3) is 0 Å². The maximum Gasteiger partial charge on any atom is 0.261 e. The first-order chi connectivity index (χ1) is 13.6. The molecule has 0 saturated heterocycles. The number of sulfonamides is 1. The number of carbonyl (C=O) groups is 1. The summed E-state index contributed by atoms with van der Waals surface area (Å²) in [6.45, 7) is 7.25. The Morgan fingerprint density at radius 2 is 1.62 bits per heavy atom. The van der Waals surface area contributed by atoms with Crippen molar-refractivity contribution in [3.8, 4) is 5.75 Å². The predicted molar refractivity (Wildman–Crippen MR) is 118 cm³/mol. The van der Waals surface area contributed by atoms with E-state index in [1.54, 1.807) is 50.2 Å². The van der Waals surface area contributed by atoms with Crippen LogP contribution in [0.15, 0.2) is 53.4 Å². The number of anilines is 1. The highest BCUT2D eigenvalue weighted by Crippen LogP contribution is 2.19. The zero-order chi connectivity index (χ0) is 21.6. The molecule has 156 valence electrons. The highest BCUT2D eigenvalue weighted by atomic mass is 32.2. The van der Waals surface area contributed by atoms with Crippen LogP contribution in [0.5, 0.6) is 5.75 Å². The Hall–Kier alpha value is -2.49. The summed E-state index contributed by atoms with van der Waals surface area (Å²) < 4.78 is 32.5. The number of thiocarbonyl (C=S) groups is 1. The van der Waals surface area contributed by atoms with Crippen molar-refractivity contribution in [2.45, 2.75) is 44.7 Å². The van der Waals surface area contributed by atoms with Gasteiger partial charge in [-0.25, -0.2) is 13.1 Å². The fraction of sp³-hybridized carbons (Fsp3) is 0.300.